The summed E-state index contributed by atoms with van der Waals surface area (Å²) in [6.45, 7) is 6.33. The third-order valence-corrected chi connectivity index (χ3v) is 5.93. The maximum atomic E-state index is 9.53. The molecule has 2 unspecified atom stereocenters. The Labute approximate surface area is 174 Å². The molecule has 1 aliphatic heterocycles. The lowest BCUT2D eigenvalue weighted by Gasteiger charge is -2.25. The highest BCUT2D eigenvalue weighted by atomic mass is 32.2. The number of nitriles is 1. The molecule has 29 heavy (non-hydrogen) atoms. The van der Waals surface area contributed by atoms with E-state index in [2.05, 4.69) is 53.4 Å². The number of thioether (sulfide) groups is 1. The highest BCUT2D eigenvalue weighted by Gasteiger charge is 2.38. The molecular weight excluding hydrogens is 380 g/mol. The number of nitrogens with zero attached hydrogens (tertiary/aromatic N) is 5. The molecule has 0 spiro atoms. The van der Waals surface area contributed by atoms with Crippen molar-refractivity contribution in [2.75, 3.05) is 5.32 Å². The van der Waals surface area contributed by atoms with Crippen molar-refractivity contribution >= 4 is 33.5 Å². The van der Waals surface area contributed by atoms with Crippen molar-refractivity contribution in [3.05, 3.63) is 60.0 Å². The summed E-state index contributed by atoms with van der Waals surface area (Å²) in [5, 5.41) is 24.3. The summed E-state index contributed by atoms with van der Waals surface area (Å²) < 4.78 is 0. The first-order chi connectivity index (χ1) is 14.0. The molecular formula is C22H22N6S. The van der Waals surface area contributed by atoms with Gasteiger partial charge in [-0.15, -0.1) is 5.10 Å². The molecule has 3 heterocycles. The van der Waals surface area contributed by atoms with Crippen LogP contribution in [0, 0.1) is 16.7 Å². The lowest BCUT2D eigenvalue weighted by molar-refractivity contribution is 0.334. The van der Waals surface area contributed by atoms with E-state index in [1.165, 1.54) is 11.8 Å². The number of aromatic nitrogens is 3. The molecule has 0 saturated carbocycles. The van der Waals surface area contributed by atoms with Gasteiger partial charge < -0.3 is 5.32 Å². The predicted octanol–water partition coefficient (Wildman–Crippen LogP) is 4.44. The fraction of sp³-hybridized carbons (Fsp3) is 0.318. The van der Waals surface area contributed by atoms with Gasteiger partial charge >= 0.3 is 0 Å². The van der Waals surface area contributed by atoms with E-state index in [4.69, 9.17) is 4.99 Å². The van der Waals surface area contributed by atoms with Crippen LogP contribution in [0.15, 0.2) is 53.8 Å². The number of benzene rings is 1. The molecule has 2 aromatic heterocycles. The first kappa shape index (κ1) is 19.3. The van der Waals surface area contributed by atoms with Crippen molar-refractivity contribution in [2.24, 2.45) is 10.4 Å². The summed E-state index contributed by atoms with van der Waals surface area (Å²) in [7, 11) is 0. The van der Waals surface area contributed by atoms with Gasteiger partial charge in [0, 0.05) is 29.6 Å². The summed E-state index contributed by atoms with van der Waals surface area (Å²) in [4.78, 5) is 8.96. The van der Waals surface area contributed by atoms with E-state index in [0.29, 0.717) is 12.2 Å². The molecule has 0 saturated heterocycles. The van der Waals surface area contributed by atoms with Gasteiger partial charge in [0.05, 0.1) is 17.8 Å². The van der Waals surface area contributed by atoms with Crippen molar-refractivity contribution in [1.29, 1.82) is 5.26 Å². The Morgan fingerprint density at radius 1 is 1.10 bits per heavy atom. The highest BCUT2D eigenvalue weighted by Crippen LogP contribution is 2.37. The average molecular weight is 403 g/mol. The van der Waals surface area contributed by atoms with Gasteiger partial charge in [-0.3, -0.25) is 9.98 Å². The van der Waals surface area contributed by atoms with E-state index in [1.807, 2.05) is 36.5 Å². The number of aliphatic imine (C=N–C) groups is 1. The van der Waals surface area contributed by atoms with E-state index < -0.39 is 0 Å². The molecule has 0 aliphatic carbocycles. The molecule has 0 radical (unpaired) electrons. The Balaban J connectivity index is 1.66. The Bertz CT molecular complexity index is 1100. The van der Waals surface area contributed by atoms with Crippen LogP contribution >= 0.6 is 11.8 Å². The summed E-state index contributed by atoms with van der Waals surface area (Å²) in [5.41, 5.74) is 1.91. The number of hydrogen-bond donors (Lipinski definition) is 1. The van der Waals surface area contributed by atoms with Crippen molar-refractivity contribution in [2.45, 2.75) is 38.5 Å². The molecule has 1 aliphatic rings. The number of pyridine rings is 1. The van der Waals surface area contributed by atoms with Crippen molar-refractivity contribution in [3.8, 4) is 6.07 Å². The van der Waals surface area contributed by atoms with Crippen LogP contribution in [0.5, 0.6) is 0 Å². The summed E-state index contributed by atoms with van der Waals surface area (Å²) in [5.74, 6) is 0.660. The maximum Gasteiger partial charge on any atom is 0.164 e. The smallest absolute Gasteiger partial charge is 0.164 e. The fourth-order valence-corrected chi connectivity index (χ4v) is 4.62. The van der Waals surface area contributed by atoms with Gasteiger partial charge in [0.15, 0.2) is 11.0 Å². The van der Waals surface area contributed by atoms with E-state index in [0.717, 1.165) is 27.2 Å². The maximum absolute atomic E-state index is 9.53. The van der Waals surface area contributed by atoms with Crippen LogP contribution in [0.3, 0.4) is 0 Å². The molecule has 0 bridgehead atoms. The third kappa shape index (κ3) is 4.08. The highest BCUT2D eigenvalue weighted by molar-refractivity contribution is 8.15. The fourth-order valence-electron chi connectivity index (χ4n) is 3.40. The Kier molecular flexibility index (Phi) is 5.20. The van der Waals surface area contributed by atoms with Gasteiger partial charge in [0.1, 0.15) is 5.25 Å². The predicted molar refractivity (Wildman–Crippen MR) is 118 cm³/mol. The largest absolute Gasteiger partial charge is 0.318 e. The van der Waals surface area contributed by atoms with E-state index in [9.17, 15) is 5.26 Å². The van der Waals surface area contributed by atoms with E-state index in [1.54, 1.807) is 6.20 Å². The molecule has 4 rings (SSSR count). The number of rotatable bonds is 3. The van der Waals surface area contributed by atoms with E-state index >= 15 is 0 Å². The van der Waals surface area contributed by atoms with Gasteiger partial charge in [0.2, 0.25) is 0 Å². The van der Waals surface area contributed by atoms with Crippen LogP contribution in [0.2, 0.25) is 0 Å². The first-order valence-electron chi connectivity index (χ1n) is 9.50. The Morgan fingerprint density at radius 2 is 1.90 bits per heavy atom. The van der Waals surface area contributed by atoms with Gasteiger partial charge in [-0.25, -0.2) is 0 Å². The number of amidine groups is 1. The van der Waals surface area contributed by atoms with Crippen LogP contribution in [-0.4, -0.2) is 31.6 Å². The van der Waals surface area contributed by atoms with Gasteiger partial charge in [0.25, 0.3) is 0 Å². The van der Waals surface area contributed by atoms with Crippen molar-refractivity contribution in [1.82, 2.24) is 15.2 Å². The lowest BCUT2D eigenvalue weighted by atomic mass is 9.85. The standard InChI is InChI=1S/C22H22N6S/c1-22(2,3)19-18(12-23)29-21(25-19)26-20-16-9-5-4-8-15(16)17(27-28-20)11-14-7-6-10-24-13-14/h4-10,13,18-19H,11H2,1-3H3,(H,25,26,28). The molecule has 2 atom stereocenters. The topological polar surface area (TPSA) is 86.8 Å². The quantitative estimate of drug-likeness (QED) is 0.697. The summed E-state index contributed by atoms with van der Waals surface area (Å²) >= 11 is 1.46. The van der Waals surface area contributed by atoms with Crippen LogP contribution in [0.25, 0.3) is 10.8 Å². The minimum Gasteiger partial charge on any atom is -0.318 e. The lowest BCUT2D eigenvalue weighted by Crippen LogP contribution is -2.30. The molecule has 1 N–H and O–H groups in total. The molecule has 7 heteroatoms. The SMILES string of the molecule is CC(C)(C)C1N=C(Nc2nnc(Cc3cccnc3)c3ccccc23)SC1C#N. The average Bonchev–Trinajstić information content (AvgIpc) is 3.14. The van der Waals surface area contributed by atoms with Gasteiger partial charge in [-0.05, 0) is 17.0 Å². The zero-order valence-electron chi connectivity index (χ0n) is 16.6. The molecule has 6 nitrogen and oxygen atoms in total. The van der Waals surface area contributed by atoms with Crippen LogP contribution < -0.4 is 5.32 Å². The second kappa shape index (κ2) is 7.80. The normalized spacial score (nSPS) is 19.0. The third-order valence-electron chi connectivity index (χ3n) is 4.88. The summed E-state index contributed by atoms with van der Waals surface area (Å²) in [6, 6.07) is 14.3. The number of hydrogen-bond acceptors (Lipinski definition) is 7. The Hall–Kier alpha value is -2.98. The second-order valence-corrected chi connectivity index (χ2v) is 9.25. The second-order valence-electron chi connectivity index (χ2n) is 8.12. The zero-order chi connectivity index (χ0) is 20.4. The number of nitrogens with one attached hydrogen (secondary N) is 1. The van der Waals surface area contributed by atoms with Gasteiger partial charge in [-0.1, -0.05) is 62.9 Å². The monoisotopic (exact) mass is 402 g/mol. The van der Waals surface area contributed by atoms with Crippen LogP contribution in [-0.2, 0) is 6.42 Å². The van der Waals surface area contributed by atoms with Crippen LogP contribution in [0.1, 0.15) is 32.0 Å². The summed E-state index contributed by atoms with van der Waals surface area (Å²) in [6.07, 6.45) is 4.28. The molecule has 0 amide bonds. The minimum absolute atomic E-state index is 0.0657. The molecule has 0 fully saturated rings. The van der Waals surface area contributed by atoms with Crippen molar-refractivity contribution in [3.63, 3.8) is 0 Å². The zero-order valence-corrected chi connectivity index (χ0v) is 17.4. The van der Waals surface area contributed by atoms with Gasteiger partial charge in [-0.2, -0.15) is 10.4 Å². The molecule has 3 aromatic rings. The number of fused-ring (bicyclic) bond motifs is 1. The van der Waals surface area contributed by atoms with Crippen LogP contribution in [0.4, 0.5) is 5.82 Å². The van der Waals surface area contributed by atoms with E-state index in [-0.39, 0.29) is 16.7 Å². The number of anilines is 1. The van der Waals surface area contributed by atoms with Crippen molar-refractivity contribution < 1.29 is 0 Å². The molecule has 1 aromatic carbocycles. The minimum atomic E-state index is -0.207. The molecule has 146 valence electrons. The Morgan fingerprint density at radius 3 is 2.55 bits per heavy atom. The first-order valence-corrected chi connectivity index (χ1v) is 10.4.